The van der Waals surface area contributed by atoms with Crippen LogP contribution in [0.1, 0.15) is 23.1 Å². The number of carboxylic acids is 1. The number of hydrogen-bond donors (Lipinski definition) is 1. The highest BCUT2D eigenvalue weighted by atomic mass is 35.5. The smallest absolute Gasteiger partial charge is 0.416 e. The lowest BCUT2D eigenvalue weighted by Crippen LogP contribution is -2.29. The molecule has 12 heteroatoms. The summed E-state index contributed by atoms with van der Waals surface area (Å²) in [5.74, 6) is -0.392. The van der Waals surface area contributed by atoms with E-state index < -0.39 is 17.7 Å². The van der Waals surface area contributed by atoms with Crippen molar-refractivity contribution in [3.63, 3.8) is 0 Å². The van der Waals surface area contributed by atoms with Crippen LogP contribution in [0.15, 0.2) is 65.6 Å². The van der Waals surface area contributed by atoms with Gasteiger partial charge in [-0.15, -0.1) is 0 Å². The minimum atomic E-state index is -4.51. The van der Waals surface area contributed by atoms with Crippen LogP contribution in [0.2, 0.25) is 5.02 Å². The Morgan fingerprint density at radius 1 is 1.12 bits per heavy atom. The quantitative estimate of drug-likeness (QED) is 0.144. The number of nitrogens with zero attached hydrogens (tertiary/aromatic N) is 1. The Bertz CT molecular complexity index is 1530. The lowest BCUT2D eigenvalue weighted by molar-refractivity contribution is -0.138. The first-order valence-electron chi connectivity index (χ1n) is 12.2. The van der Waals surface area contributed by atoms with Crippen LogP contribution in [0, 0.1) is 0 Å². The molecule has 1 amide bonds. The van der Waals surface area contributed by atoms with Crippen molar-refractivity contribution in [3.05, 3.63) is 87.3 Å². The summed E-state index contributed by atoms with van der Waals surface area (Å²) in [6.07, 6.45) is -2.58. The molecule has 4 rings (SSSR count). The number of hydrogen-bond acceptors (Lipinski definition) is 6. The fourth-order valence-electron chi connectivity index (χ4n) is 4.09. The maximum absolute atomic E-state index is 13.2. The summed E-state index contributed by atoms with van der Waals surface area (Å²) >= 11 is 12.7. The molecule has 1 saturated heterocycles. The van der Waals surface area contributed by atoms with Gasteiger partial charge in [0.2, 0.25) is 0 Å². The summed E-state index contributed by atoms with van der Waals surface area (Å²) < 4.78 is 51.1. The molecule has 1 heterocycles. The molecule has 41 heavy (non-hydrogen) atoms. The predicted molar refractivity (Wildman–Crippen MR) is 156 cm³/mol. The molecule has 0 unspecified atom stereocenters. The fourth-order valence-corrected chi connectivity index (χ4v) is 5.62. The van der Waals surface area contributed by atoms with Crippen molar-refractivity contribution in [1.29, 1.82) is 0 Å². The fraction of sp³-hybridized carbons (Fsp3) is 0.207. The van der Waals surface area contributed by atoms with Crippen LogP contribution in [-0.2, 0) is 22.2 Å². The summed E-state index contributed by atoms with van der Waals surface area (Å²) in [5, 5.41) is 9.20. The second-order valence-electron chi connectivity index (χ2n) is 8.91. The molecule has 0 aliphatic carbocycles. The highest BCUT2D eigenvalue weighted by Crippen LogP contribution is 2.37. The van der Waals surface area contributed by atoms with Crippen LogP contribution in [0.3, 0.4) is 0 Å². The van der Waals surface area contributed by atoms with E-state index >= 15 is 0 Å². The van der Waals surface area contributed by atoms with Crippen LogP contribution < -0.4 is 9.47 Å². The molecule has 0 radical (unpaired) electrons. The monoisotopic (exact) mass is 621 g/mol. The topological polar surface area (TPSA) is 76.1 Å². The first-order chi connectivity index (χ1) is 19.5. The Morgan fingerprint density at radius 3 is 2.61 bits per heavy atom. The van der Waals surface area contributed by atoms with E-state index in [1.165, 1.54) is 18.1 Å². The maximum Gasteiger partial charge on any atom is 0.416 e. The summed E-state index contributed by atoms with van der Waals surface area (Å²) in [6.45, 7) is 0.516. The van der Waals surface area contributed by atoms with Gasteiger partial charge in [0.25, 0.3) is 5.91 Å². The number of methoxy groups -OCH3 is 1. The lowest BCUT2D eigenvalue weighted by atomic mass is 10.0. The van der Waals surface area contributed by atoms with Crippen LogP contribution >= 0.6 is 35.6 Å². The molecule has 0 saturated carbocycles. The van der Waals surface area contributed by atoms with Gasteiger partial charge < -0.3 is 14.6 Å². The number of alkyl halides is 3. The zero-order valence-electron chi connectivity index (χ0n) is 21.5. The van der Waals surface area contributed by atoms with Crippen LogP contribution in [-0.4, -0.2) is 46.5 Å². The molecule has 214 valence electrons. The van der Waals surface area contributed by atoms with E-state index in [1.807, 2.05) is 0 Å². The maximum atomic E-state index is 13.2. The number of carbonyl (C=O) groups is 2. The Morgan fingerprint density at radius 2 is 1.90 bits per heavy atom. The standard InChI is InChI=1S/C29H23ClF3NO5S2/c1-38-23-9-6-18(15-26(35)36)13-24(23)39-11-3-10-34-27(37)25(41-28(34)40)14-17-4-2-5-19(12-17)21-16-20(29(31,32)33)7-8-22(21)30/h2,4-9,12-14,16H,3,10-11,15H2,1H3,(H,35,36)/b25-14-. The van der Waals surface area contributed by atoms with Gasteiger partial charge in [0, 0.05) is 17.1 Å². The number of benzene rings is 3. The van der Waals surface area contributed by atoms with E-state index in [1.54, 1.807) is 48.5 Å². The first-order valence-corrected chi connectivity index (χ1v) is 13.8. The number of rotatable bonds is 10. The van der Waals surface area contributed by atoms with Crippen molar-refractivity contribution < 1.29 is 37.3 Å². The van der Waals surface area contributed by atoms with E-state index in [0.29, 0.717) is 50.4 Å². The Kier molecular flexibility index (Phi) is 9.62. The summed E-state index contributed by atoms with van der Waals surface area (Å²) in [5.41, 5.74) is 1.07. The first kappa shape index (κ1) is 30.4. The minimum absolute atomic E-state index is 0.154. The molecule has 0 spiro atoms. The van der Waals surface area contributed by atoms with Crippen LogP contribution in [0.4, 0.5) is 13.2 Å². The van der Waals surface area contributed by atoms with Gasteiger partial charge in [-0.1, -0.05) is 59.8 Å². The molecule has 3 aromatic carbocycles. The van der Waals surface area contributed by atoms with Gasteiger partial charge >= 0.3 is 12.1 Å². The number of aliphatic carboxylic acids is 1. The number of carboxylic acid groups (broad SMARTS) is 1. The number of halogens is 4. The van der Waals surface area contributed by atoms with Gasteiger partial charge in [-0.2, -0.15) is 13.2 Å². The third-order valence-electron chi connectivity index (χ3n) is 6.03. The lowest BCUT2D eigenvalue weighted by Gasteiger charge is -2.16. The Balaban J connectivity index is 1.42. The Hall–Kier alpha value is -3.54. The van der Waals surface area contributed by atoms with Crippen molar-refractivity contribution >= 4 is 57.9 Å². The van der Waals surface area contributed by atoms with E-state index in [2.05, 4.69) is 0 Å². The molecular weight excluding hydrogens is 599 g/mol. The third kappa shape index (κ3) is 7.60. The van der Waals surface area contributed by atoms with E-state index in [9.17, 15) is 22.8 Å². The third-order valence-corrected chi connectivity index (χ3v) is 7.74. The van der Waals surface area contributed by atoms with Crippen molar-refractivity contribution in [3.8, 4) is 22.6 Å². The van der Waals surface area contributed by atoms with Crippen molar-refractivity contribution in [2.45, 2.75) is 19.0 Å². The average molecular weight is 622 g/mol. The Labute approximate surface area is 248 Å². The zero-order valence-corrected chi connectivity index (χ0v) is 23.9. The van der Waals surface area contributed by atoms with Gasteiger partial charge in [0.05, 0.1) is 30.6 Å². The number of thiocarbonyl (C=S) groups is 1. The molecule has 1 fully saturated rings. The largest absolute Gasteiger partial charge is 0.493 e. The molecule has 1 aliphatic heterocycles. The molecule has 0 aromatic heterocycles. The summed E-state index contributed by atoms with van der Waals surface area (Å²) in [6, 6.07) is 14.8. The van der Waals surface area contributed by atoms with Crippen LogP contribution in [0.5, 0.6) is 11.5 Å². The molecule has 1 aliphatic rings. The van der Waals surface area contributed by atoms with Gasteiger partial charge in [0.1, 0.15) is 4.32 Å². The van der Waals surface area contributed by atoms with Crippen LogP contribution in [0.25, 0.3) is 17.2 Å². The zero-order chi connectivity index (χ0) is 29.7. The highest BCUT2D eigenvalue weighted by Gasteiger charge is 2.32. The van der Waals surface area contributed by atoms with E-state index in [0.717, 1.165) is 23.9 Å². The van der Waals surface area contributed by atoms with E-state index in [-0.39, 0.29) is 29.5 Å². The molecule has 0 atom stereocenters. The van der Waals surface area contributed by atoms with Crippen molar-refractivity contribution in [2.24, 2.45) is 0 Å². The predicted octanol–water partition coefficient (Wildman–Crippen LogP) is 7.33. The summed E-state index contributed by atoms with van der Waals surface area (Å²) in [7, 11) is 1.48. The van der Waals surface area contributed by atoms with Gasteiger partial charge in [-0.3, -0.25) is 14.5 Å². The second-order valence-corrected chi connectivity index (χ2v) is 11.0. The molecule has 0 bridgehead atoms. The highest BCUT2D eigenvalue weighted by molar-refractivity contribution is 8.26. The summed E-state index contributed by atoms with van der Waals surface area (Å²) in [4.78, 5) is 25.9. The minimum Gasteiger partial charge on any atom is -0.493 e. The normalized spacial score (nSPS) is 14.6. The number of ether oxygens (including phenoxy) is 2. The number of carbonyl (C=O) groups excluding carboxylic acids is 1. The van der Waals surface area contributed by atoms with Crippen molar-refractivity contribution in [1.82, 2.24) is 4.90 Å². The second kappa shape index (κ2) is 13.0. The van der Waals surface area contributed by atoms with E-state index in [4.69, 9.17) is 38.4 Å². The van der Waals surface area contributed by atoms with Gasteiger partial charge in [0.15, 0.2) is 11.5 Å². The average Bonchev–Trinajstić information content (AvgIpc) is 3.17. The molecule has 3 aromatic rings. The molecule has 6 nitrogen and oxygen atoms in total. The molecular formula is C29H23ClF3NO5S2. The van der Waals surface area contributed by atoms with Crippen molar-refractivity contribution in [2.75, 3.05) is 20.3 Å². The number of thioether (sulfide) groups is 1. The van der Waals surface area contributed by atoms with Gasteiger partial charge in [-0.05, 0) is 65.6 Å². The molecule has 1 N–H and O–H groups in total. The SMILES string of the molecule is COc1ccc(CC(=O)O)cc1OCCCN1C(=O)/C(=C/c2cccc(-c3cc(C(F)(F)F)ccc3Cl)c2)SC1=S. The van der Waals surface area contributed by atoms with Gasteiger partial charge in [-0.25, -0.2) is 0 Å². The number of amides is 1.